The zero-order valence-corrected chi connectivity index (χ0v) is 11.2. The first-order chi connectivity index (χ1) is 9.13. The highest BCUT2D eigenvalue weighted by atomic mass is 15.2. The lowest BCUT2D eigenvalue weighted by atomic mass is 10.2. The van der Waals surface area contributed by atoms with Gasteiger partial charge in [0.05, 0.1) is 5.56 Å². The number of nitrogens with one attached hydrogen (secondary N) is 1. The summed E-state index contributed by atoms with van der Waals surface area (Å²) in [4.78, 5) is 6.43. The van der Waals surface area contributed by atoms with E-state index in [0.717, 1.165) is 18.1 Å². The number of hydrogen-bond donors (Lipinski definition) is 2. The van der Waals surface area contributed by atoms with Crippen molar-refractivity contribution in [1.29, 1.82) is 5.41 Å². The number of nitrogen functional groups attached to an aromatic ring is 1. The molecule has 4 nitrogen and oxygen atoms in total. The van der Waals surface area contributed by atoms with Crippen LogP contribution in [0.4, 0.5) is 11.5 Å². The normalized spacial score (nSPS) is 10.2. The van der Waals surface area contributed by atoms with E-state index in [2.05, 4.69) is 48.0 Å². The molecule has 0 radical (unpaired) electrons. The lowest BCUT2D eigenvalue weighted by Gasteiger charge is -2.24. The van der Waals surface area contributed by atoms with Gasteiger partial charge in [-0.05, 0) is 38.1 Å². The molecule has 0 saturated heterocycles. The van der Waals surface area contributed by atoms with E-state index in [-0.39, 0.29) is 5.84 Å². The van der Waals surface area contributed by atoms with Crippen molar-refractivity contribution in [3.05, 3.63) is 53.7 Å². The Kier molecular flexibility index (Phi) is 3.80. The summed E-state index contributed by atoms with van der Waals surface area (Å²) >= 11 is 0. The van der Waals surface area contributed by atoms with Gasteiger partial charge >= 0.3 is 0 Å². The van der Waals surface area contributed by atoms with Crippen LogP contribution in [0.2, 0.25) is 0 Å². The van der Waals surface area contributed by atoms with Gasteiger partial charge in [-0.1, -0.05) is 17.7 Å². The van der Waals surface area contributed by atoms with Crippen molar-refractivity contribution in [3.63, 3.8) is 0 Å². The van der Waals surface area contributed by atoms with Gasteiger partial charge in [0.2, 0.25) is 0 Å². The third-order valence-corrected chi connectivity index (χ3v) is 2.99. The van der Waals surface area contributed by atoms with Crippen molar-refractivity contribution >= 4 is 17.3 Å². The molecule has 0 atom stereocenters. The average molecular weight is 254 g/mol. The molecule has 2 aromatic rings. The highest BCUT2D eigenvalue weighted by Gasteiger charge is 2.14. The number of benzene rings is 1. The van der Waals surface area contributed by atoms with Gasteiger partial charge < -0.3 is 10.6 Å². The zero-order valence-electron chi connectivity index (χ0n) is 11.2. The van der Waals surface area contributed by atoms with Gasteiger partial charge in [0.15, 0.2) is 0 Å². The molecule has 1 heterocycles. The topological polar surface area (TPSA) is 66.0 Å². The molecular weight excluding hydrogens is 236 g/mol. The molecule has 3 N–H and O–H groups in total. The fourth-order valence-electron chi connectivity index (χ4n) is 2.00. The van der Waals surface area contributed by atoms with Crippen LogP contribution in [0.5, 0.6) is 0 Å². The van der Waals surface area contributed by atoms with Crippen LogP contribution in [0.15, 0.2) is 42.6 Å². The molecule has 0 amide bonds. The molecule has 0 fully saturated rings. The summed E-state index contributed by atoms with van der Waals surface area (Å²) < 4.78 is 0. The summed E-state index contributed by atoms with van der Waals surface area (Å²) in [6, 6.07) is 11.8. The predicted octanol–water partition coefficient (Wildman–Crippen LogP) is 2.83. The fraction of sp³-hybridized carbons (Fsp3) is 0.200. The van der Waals surface area contributed by atoms with Crippen LogP contribution in [-0.2, 0) is 0 Å². The van der Waals surface area contributed by atoms with Crippen LogP contribution in [0.1, 0.15) is 18.1 Å². The van der Waals surface area contributed by atoms with Crippen LogP contribution in [0, 0.1) is 12.3 Å². The molecule has 0 bridgehead atoms. The lowest BCUT2D eigenvalue weighted by Crippen LogP contribution is -2.23. The van der Waals surface area contributed by atoms with Gasteiger partial charge in [-0.3, -0.25) is 5.41 Å². The van der Waals surface area contributed by atoms with Crippen molar-refractivity contribution in [2.75, 3.05) is 11.4 Å². The summed E-state index contributed by atoms with van der Waals surface area (Å²) in [7, 11) is 0. The molecule has 98 valence electrons. The van der Waals surface area contributed by atoms with Gasteiger partial charge in [0.25, 0.3) is 0 Å². The number of nitrogens with zero attached hydrogens (tertiary/aromatic N) is 2. The average Bonchev–Trinajstić information content (AvgIpc) is 2.42. The van der Waals surface area contributed by atoms with Crippen LogP contribution >= 0.6 is 0 Å². The van der Waals surface area contributed by atoms with E-state index in [1.807, 2.05) is 6.07 Å². The fourth-order valence-corrected chi connectivity index (χ4v) is 2.00. The van der Waals surface area contributed by atoms with Crippen LogP contribution in [-0.4, -0.2) is 17.4 Å². The van der Waals surface area contributed by atoms with Gasteiger partial charge in [0.1, 0.15) is 11.7 Å². The molecule has 1 aromatic carbocycles. The van der Waals surface area contributed by atoms with Gasteiger partial charge in [-0.15, -0.1) is 0 Å². The van der Waals surface area contributed by atoms with E-state index in [1.54, 1.807) is 12.3 Å². The van der Waals surface area contributed by atoms with E-state index in [0.29, 0.717) is 5.56 Å². The minimum Gasteiger partial charge on any atom is -0.384 e. The van der Waals surface area contributed by atoms with Gasteiger partial charge in [-0.2, -0.15) is 0 Å². The Hall–Kier alpha value is -2.36. The SMILES string of the molecule is CCN(c1ccc(C)cc1)c1ncccc1C(=N)N. The first-order valence-corrected chi connectivity index (χ1v) is 6.27. The maximum atomic E-state index is 7.65. The van der Waals surface area contributed by atoms with Crippen molar-refractivity contribution in [2.45, 2.75) is 13.8 Å². The Labute approximate surface area is 113 Å². The van der Waals surface area contributed by atoms with Gasteiger partial charge in [-0.25, -0.2) is 4.98 Å². The third-order valence-electron chi connectivity index (χ3n) is 2.99. The minimum atomic E-state index is 0.0358. The molecule has 0 saturated carbocycles. The second-order valence-corrected chi connectivity index (χ2v) is 4.37. The largest absolute Gasteiger partial charge is 0.384 e. The Morgan fingerprint density at radius 1 is 1.26 bits per heavy atom. The summed E-state index contributed by atoms with van der Waals surface area (Å²) in [6.07, 6.45) is 1.72. The Balaban J connectivity index is 2.48. The summed E-state index contributed by atoms with van der Waals surface area (Å²) in [6.45, 7) is 4.88. The van der Waals surface area contributed by atoms with Gasteiger partial charge in [0, 0.05) is 18.4 Å². The number of pyridine rings is 1. The summed E-state index contributed by atoms with van der Waals surface area (Å²) in [5.41, 5.74) is 8.55. The number of rotatable bonds is 4. The molecule has 0 spiro atoms. The molecule has 0 aliphatic heterocycles. The Morgan fingerprint density at radius 3 is 2.53 bits per heavy atom. The first-order valence-electron chi connectivity index (χ1n) is 6.27. The number of aromatic nitrogens is 1. The van der Waals surface area contributed by atoms with Crippen molar-refractivity contribution < 1.29 is 0 Å². The van der Waals surface area contributed by atoms with E-state index in [1.165, 1.54) is 5.56 Å². The van der Waals surface area contributed by atoms with Crippen molar-refractivity contribution in [3.8, 4) is 0 Å². The molecule has 0 unspecified atom stereocenters. The van der Waals surface area contributed by atoms with E-state index < -0.39 is 0 Å². The highest BCUT2D eigenvalue weighted by molar-refractivity contribution is 6.00. The van der Waals surface area contributed by atoms with Crippen LogP contribution in [0.25, 0.3) is 0 Å². The number of amidine groups is 1. The Bertz CT molecular complexity index is 575. The molecule has 19 heavy (non-hydrogen) atoms. The monoisotopic (exact) mass is 254 g/mol. The minimum absolute atomic E-state index is 0.0358. The maximum absolute atomic E-state index is 7.65. The van der Waals surface area contributed by atoms with Crippen LogP contribution < -0.4 is 10.6 Å². The lowest BCUT2D eigenvalue weighted by molar-refractivity contribution is 0.985. The second-order valence-electron chi connectivity index (χ2n) is 4.37. The number of aryl methyl sites for hydroxylation is 1. The number of nitrogens with two attached hydrogens (primary N) is 1. The van der Waals surface area contributed by atoms with Crippen molar-refractivity contribution in [2.24, 2.45) is 5.73 Å². The Morgan fingerprint density at radius 2 is 1.95 bits per heavy atom. The number of anilines is 2. The first kappa shape index (κ1) is 13.1. The summed E-state index contributed by atoms with van der Waals surface area (Å²) in [5, 5.41) is 7.65. The summed E-state index contributed by atoms with van der Waals surface area (Å²) in [5.74, 6) is 0.759. The highest BCUT2D eigenvalue weighted by Crippen LogP contribution is 2.26. The molecule has 4 heteroatoms. The zero-order chi connectivity index (χ0) is 13.8. The second kappa shape index (κ2) is 5.52. The molecule has 0 aliphatic rings. The molecular formula is C15H18N4. The molecule has 1 aromatic heterocycles. The number of hydrogen-bond acceptors (Lipinski definition) is 3. The maximum Gasteiger partial charge on any atom is 0.143 e. The quantitative estimate of drug-likeness (QED) is 0.651. The van der Waals surface area contributed by atoms with E-state index in [4.69, 9.17) is 11.1 Å². The van der Waals surface area contributed by atoms with Crippen molar-refractivity contribution in [1.82, 2.24) is 4.98 Å². The molecule has 2 rings (SSSR count). The molecule has 0 aliphatic carbocycles. The standard InChI is InChI=1S/C15H18N4/c1-3-19(12-8-6-11(2)7-9-12)15-13(14(16)17)5-4-10-18-15/h4-10H,3H2,1-2H3,(H3,16,17). The van der Waals surface area contributed by atoms with Crippen LogP contribution in [0.3, 0.4) is 0 Å². The predicted molar refractivity (Wildman–Crippen MR) is 79.1 cm³/mol. The third kappa shape index (κ3) is 2.73. The van der Waals surface area contributed by atoms with E-state index >= 15 is 0 Å². The smallest absolute Gasteiger partial charge is 0.143 e. The van der Waals surface area contributed by atoms with E-state index in [9.17, 15) is 0 Å².